The molecule has 2 amide bonds. The van der Waals surface area contributed by atoms with Gasteiger partial charge >= 0.3 is 0 Å². The summed E-state index contributed by atoms with van der Waals surface area (Å²) < 4.78 is 10.5. The fourth-order valence-electron chi connectivity index (χ4n) is 1.97. The second kappa shape index (κ2) is 4.20. The first-order valence-corrected chi connectivity index (χ1v) is 6.40. The van der Waals surface area contributed by atoms with Crippen LogP contribution in [0.25, 0.3) is 0 Å². The van der Waals surface area contributed by atoms with Crippen LogP contribution < -0.4 is 9.47 Å². The maximum absolute atomic E-state index is 11.8. The van der Waals surface area contributed by atoms with E-state index in [1.54, 1.807) is 0 Å². The van der Waals surface area contributed by atoms with E-state index >= 15 is 0 Å². The third-order valence-corrected chi connectivity index (χ3v) is 4.11. The number of fused-ring (bicyclic) bond motifs is 1. The van der Waals surface area contributed by atoms with Gasteiger partial charge < -0.3 is 9.47 Å². The average Bonchev–Trinajstić information content (AvgIpc) is 2.91. The monoisotopic (exact) mass is 265 g/mol. The Bertz CT molecular complexity index is 531. The molecule has 5 nitrogen and oxygen atoms in total. The van der Waals surface area contributed by atoms with Gasteiger partial charge in [0.05, 0.1) is 5.25 Å². The van der Waals surface area contributed by atoms with Crippen molar-refractivity contribution in [3.05, 3.63) is 23.8 Å². The van der Waals surface area contributed by atoms with Crippen LogP contribution in [0, 0.1) is 0 Å². The van der Waals surface area contributed by atoms with Gasteiger partial charge in [0.1, 0.15) is 0 Å². The molecule has 0 bridgehead atoms. The van der Waals surface area contributed by atoms with Crippen LogP contribution in [-0.2, 0) is 11.2 Å². The number of hydrogen-bond acceptors (Lipinski definition) is 5. The van der Waals surface area contributed by atoms with E-state index in [-0.39, 0.29) is 23.2 Å². The number of benzene rings is 1. The zero-order chi connectivity index (χ0) is 12.7. The van der Waals surface area contributed by atoms with Crippen molar-refractivity contribution in [3.63, 3.8) is 0 Å². The number of hydrogen-bond donors (Lipinski definition) is 0. The van der Waals surface area contributed by atoms with Gasteiger partial charge in [0, 0.05) is 7.05 Å². The van der Waals surface area contributed by atoms with Crippen LogP contribution in [0.3, 0.4) is 0 Å². The van der Waals surface area contributed by atoms with E-state index in [1.807, 2.05) is 18.2 Å². The molecule has 2 heterocycles. The van der Waals surface area contributed by atoms with Crippen LogP contribution >= 0.6 is 11.8 Å². The highest BCUT2D eigenvalue weighted by Crippen LogP contribution is 2.34. The van der Waals surface area contributed by atoms with Crippen molar-refractivity contribution in [3.8, 4) is 11.5 Å². The molecule has 2 aliphatic rings. The second-order valence-electron chi connectivity index (χ2n) is 4.16. The third-order valence-electron chi connectivity index (χ3n) is 2.98. The summed E-state index contributed by atoms with van der Waals surface area (Å²) in [4.78, 5) is 24.3. The largest absolute Gasteiger partial charge is 0.454 e. The van der Waals surface area contributed by atoms with Crippen molar-refractivity contribution in [2.24, 2.45) is 0 Å². The van der Waals surface area contributed by atoms with E-state index in [1.165, 1.54) is 11.9 Å². The molecular formula is C12H11NO4S. The molecule has 3 rings (SSSR count). The fraction of sp³-hybridized carbons (Fsp3) is 0.333. The summed E-state index contributed by atoms with van der Waals surface area (Å²) >= 11 is 1.08. The molecule has 0 radical (unpaired) electrons. The van der Waals surface area contributed by atoms with Gasteiger partial charge in [-0.2, -0.15) is 0 Å². The number of imide groups is 1. The molecule has 1 atom stereocenters. The van der Waals surface area contributed by atoms with Crippen LogP contribution in [0.2, 0.25) is 0 Å². The molecule has 1 aromatic rings. The van der Waals surface area contributed by atoms with E-state index < -0.39 is 0 Å². The van der Waals surface area contributed by atoms with Gasteiger partial charge in [0.2, 0.25) is 12.7 Å². The van der Waals surface area contributed by atoms with Crippen LogP contribution in [0.1, 0.15) is 5.56 Å². The fourth-order valence-corrected chi connectivity index (χ4v) is 2.99. The minimum Gasteiger partial charge on any atom is -0.454 e. The molecule has 0 spiro atoms. The van der Waals surface area contributed by atoms with Crippen LogP contribution in [0.15, 0.2) is 18.2 Å². The van der Waals surface area contributed by atoms with E-state index in [9.17, 15) is 9.59 Å². The topological polar surface area (TPSA) is 55.8 Å². The predicted octanol–water partition coefficient (Wildman–Crippen LogP) is 1.65. The Balaban J connectivity index is 1.77. The number of carbonyl (C=O) groups is 2. The number of thioether (sulfide) groups is 1. The highest BCUT2D eigenvalue weighted by Gasteiger charge is 2.37. The lowest BCUT2D eigenvalue weighted by molar-refractivity contribution is -0.125. The van der Waals surface area contributed by atoms with Crippen molar-refractivity contribution >= 4 is 22.9 Å². The molecule has 6 heteroatoms. The first-order chi connectivity index (χ1) is 8.65. The summed E-state index contributed by atoms with van der Waals surface area (Å²) in [5.41, 5.74) is 0.966. The van der Waals surface area contributed by atoms with Gasteiger partial charge in [0.25, 0.3) is 5.24 Å². The number of rotatable bonds is 2. The van der Waals surface area contributed by atoms with Crippen molar-refractivity contribution in [2.45, 2.75) is 11.7 Å². The molecule has 1 unspecified atom stereocenters. The number of carbonyl (C=O) groups excluding carboxylic acids is 2. The lowest BCUT2D eigenvalue weighted by Crippen LogP contribution is -2.28. The van der Waals surface area contributed by atoms with Gasteiger partial charge in [-0.3, -0.25) is 14.5 Å². The second-order valence-corrected chi connectivity index (χ2v) is 5.32. The summed E-state index contributed by atoms with van der Waals surface area (Å²) in [5.74, 6) is 1.28. The summed E-state index contributed by atoms with van der Waals surface area (Å²) in [6.07, 6.45) is 0.524. The van der Waals surface area contributed by atoms with Crippen LogP contribution in [0.5, 0.6) is 11.5 Å². The van der Waals surface area contributed by atoms with Crippen LogP contribution in [-0.4, -0.2) is 35.1 Å². The van der Waals surface area contributed by atoms with Gasteiger partial charge in [-0.1, -0.05) is 17.8 Å². The minimum atomic E-state index is -0.331. The van der Waals surface area contributed by atoms with Gasteiger partial charge in [-0.25, -0.2) is 0 Å². The Labute approximate surface area is 108 Å². The molecule has 1 saturated heterocycles. The molecule has 94 valence electrons. The lowest BCUT2D eigenvalue weighted by atomic mass is 10.1. The van der Waals surface area contributed by atoms with Crippen molar-refractivity contribution in [2.75, 3.05) is 13.8 Å². The van der Waals surface area contributed by atoms with E-state index in [0.29, 0.717) is 12.2 Å². The van der Waals surface area contributed by atoms with Crippen LogP contribution in [0.4, 0.5) is 4.79 Å². The number of ether oxygens (including phenoxy) is 2. The zero-order valence-corrected chi connectivity index (χ0v) is 10.5. The number of amides is 2. The molecule has 0 aliphatic carbocycles. The van der Waals surface area contributed by atoms with Gasteiger partial charge in [0.15, 0.2) is 11.5 Å². The Hall–Kier alpha value is -1.69. The van der Waals surface area contributed by atoms with E-state index in [4.69, 9.17) is 9.47 Å². The summed E-state index contributed by atoms with van der Waals surface area (Å²) in [6.45, 7) is 0.233. The highest BCUT2D eigenvalue weighted by atomic mass is 32.2. The molecule has 18 heavy (non-hydrogen) atoms. The Kier molecular flexibility index (Phi) is 2.66. The first kappa shape index (κ1) is 11.4. The molecule has 0 saturated carbocycles. The molecule has 0 aromatic heterocycles. The van der Waals surface area contributed by atoms with Crippen molar-refractivity contribution in [1.29, 1.82) is 0 Å². The third kappa shape index (κ3) is 1.82. The van der Waals surface area contributed by atoms with Crippen molar-refractivity contribution in [1.82, 2.24) is 4.90 Å². The smallest absolute Gasteiger partial charge is 0.288 e. The Morgan fingerprint density at radius 3 is 2.83 bits per heavy atom. The summed E-state index contributed by atoms with van der Waals surface area (Å²) in [7, 11) is 1.51. The molecule has 2 aliphatic heterocycles. The first-order valence-electron chi connectivity index (χ1n) is 5.52. The quantitative estimate of drug-likeness (QED) is 0.814. The average molecular weight is 265 g/mol. The Morgan fingerprint density at radius 2 is 2.11 bits per heavy atom. The van der Waals surface area contributed by atoms with E-state index in [2.05, 4.69) is 0 Å². The minimum absolute atomic E-state index is 0.136. The summed E-state index contributed by atoms with van der Waals surface area (Å²) in [6, 6.07) is 5.58. The zero-order valence-electron chi connectivity index (χ0n) is 9.71. The SMILES string of the molecule is CN1C(=O)SC(Cc2ccc3c(c2)OCO3)C1=O. The predicted molar refractivity (Wildman–Crippen MR) is 65.8 cm³/mol. The molecule has 1 aromatic carbocycles. The van der Waals surface area contributed by atoms with Gasteiger partial charge in [-0.15, -0.1) is 0 Å². The molecule has 1 fully saturated rings. The normalized spacial score (nSPS) is 21.8. The maximum atomic E-state index is 11.8. The Morgan fingerprint density at radius 1 is 1.33 bits per heavy atom. The standard InChI is InChI=1S/C12H11NO4S/c1-13-11(14)10(18-12(13)15)5-7-2-3-8-9(4-7)17-6-16-8/h2-4,10H,5-6H2,1H3. The highest BCUT2D eigenvalue weighted by molar-refractivity contribution is 8.15. The lowest BCUT2D eigenvalue weighted by Gasteiger charge is -2.08. The van der Waals surface area contributed by atoms with Gasteiger partial charge in [-0.05, 0) is 24.1 Å². The number of nitrogens with zero attached hydrogens (tertiary/aromatic N) is 1. The molecular weight excluding hydrogens is 254 g/mol. The van der Waals surface area contributed by atoms with Crippen molar-refractivity contribution < 1.29 is 19.1 Å². The maximum Gasteiger partial charge on any atom is 0.288 e. The van der Waals surface area contributed by atoms with E-state index in [0.717, 1.165) is 23.1 Å². The summed E-state index contributed by atoms with van der Waals surface area (Å²) in [5, 5.41) is -0.520. The molecule has 0 N–H and O–H groups in total.